The van der Waals surface area contributed by atoms with E-state index in [1.165, 1.54) is 18.3 Å². The Balaban J connectivity index is 2.05. The van der Waals surface area contributed by atoms with Gasteiger partial charge in [-0.1, -0.05) is 0 Å². The molecule has 0 aromatic carbocycles. The van der Waals surface area contributed by atoms with Crippen LogP contribution >= 0.6 is 11.3 Å². The van der Waals surface area contributed by atoms with Gasteiger partial charge >= 0.3 is 0 Å². The zero-order valence-electron chi connectivity index (χ0n) is 10.1. The van der Waals surface area contributed by atoms with E-state index in [4.69, 9.17) is 4.42 Å². The highest BCUT2D eigenvalue weighted by Gasteiger charge is 2.15. The molecule has 1 amide bonds. The van der Waals surface area contributed by atoms with Gasteiger partial charge in [0.25, 0.3) is 5.91 Å². The Kier molecular flexibility index (Phi) is 3.62. The normalized spacial score (nSPS) is 12.1. The maximum Gasteiger partial charge on any atom is 0.261 e. The van der Waals surface area contributed by atoms with Crippen molar-refractivity contribution in [1.29, 1.82) is 0 Å². The fourth-order valence-corrected chi connectivity index (χ4v) is 2.33. The Labute approximate surface area is 109 Å². The van der Waals surface area contributed by atoms with Gasteiger partial charge in [-0.05, 0) is 38.1 Å². The van der Waals surface area contributed by atoms with Crippen molar-refractivity contribution in [3.63, 3.8) is 0 Å². The molecule has 0 spiro atoms. The van der Waals surface area contributed by atoms with Gasteiger partial charge in [-0.2, -0.15) is 0 Å². The first kappa shape index (κ1) is 12.6. The number of hydrogen-bond acceptors (Lipinski definition) is 4. The minimum Gasteiger partial charge on any atom is -0.467 e. The van der Waals surface area contributed by atoms with Gasteiger partial charge in [-0.3, -0.25) is 9.59 Å². The van der Waals surface area contributed by atoms with Crippen LogP contribution in [0.15, 0.2) is 34.9 Å². The second kappa shape index (κ2) is 5.18. The number of ketones is 1. The second-order valence-corrected chi connectivity index (χ2v) is 5.01. The Hall–Kier alpha value is -1.88. The van der Waals surface area contributed by atoms with Gasteiger partial charge in [-0.25, -0.2) is 0 Å². The molecule has 0 saturated heterocycles. The summed E-state index contributed by atoms with van der Waals surface area (Å²) >= 11 is 1.20. The molecular formula is C13H13NO3S. The van der Waals surface area contributed by atoms with E-state index in [-0.39, 0.29) is 17.7 Å². The molecule has 0 saturated carbocycles. The van der Waals surface area contributed by atoms with E-state index in [2.05, 4.69) is 5.32 Å². The van der Waals surface area contributed by atoms with Crippen molar-refractivity contribution in [2.45, 2.75) is 19.9 Å². The molecule has 2 aromatic rings. The second-order valence-electron chi connectivity index (χ2n) is 3.93. The van der Waals surface area contributed by atoms with E-state index in [1.807, 2.05) is 6.92 Å². The summed E-state index contributed by atoms with van der Waals surface area (Å²) in [4.78, 5) is 24.2. The zero-order valence-corrected chi connectivity index (χ0v) is 10.9. The van der Waals surface area contributed by atoms with E-state index < -0.39 is 0 Å². The van der Waals surface area contributed by atoms with Crippen LogP contribution < -0.4 is 5.32 Å². The summed E-state index contributed by atoms with van der Waals surface area (Å²) < 4.78 is 5.21. The van der Waals surface area contributed by atoms with E-state index in [1.54, 1.807) is 30.5 Å². The van der Waals surface area contributed by atoms with Crippen LogP contribution in [0.3, 0.4) is 0 Å². The maximum absolute atomic E-state index is 11.9. The highest BCUT2D eigenvalue weighted by Crippen LogP contribution is 2.19. The number of thiophene rings is 1. The first-order valence-corrected chi connectivity index (χ1v) is 6.34. The number of amides is 1. The van der Waals surface area contributed by atoms with E-state index >= 15 is 0 Å². The lowest BCUT2D eigenvalue weighted by Crippen LogP contribution is -2.25. The van der Waals surface area contributed by atoms with E-state index in [9.17, 15) is 9.59 Å². The van der Waals surface area contributed by atoms with Crippen LogP contribution in [0.2, 0.25) is 0 Å². The van der Waals surface area contributed by atoms with E-state index in [0.717, 1.165) is 0 Å². The van der Waals surface area contributed by atoms with Crippen molar-refractivity contribution in [1.82, 2.24) is 5.32 Å². The molecule has 1 N–H and O–H groups in total. The average molecular weight is 263 g/mol. The van der Waals surface area contributed by atoms with E-state index in [0.29, 0.717) is 15.5 Å². The standard InChI is InChI=1S/C13H13NO3S/c1-8(10-4-3-7-17-10)14-13(16)12-6-5-11(18-12)9(2)15/h3-8H,1-2H3,(H,14,16). The molecular weight excluding hydrogens is 250 g/mol. The molecule has 0 aliphatic heterocycles. The molecule has 1 unspecified atom stereocenters. The SMILES string of the molecule is CC(=O)c1ccc(C(=O)NC(C)c2ccco2)s1. The highest BCUT2D eigenvalue weighted by molar-refractivity contribution is 7.15. The first-order valence-electron chi connectivity index (χ1n) is 5.53. The van der Waals surface area contributed by atoms with Crippen LogP contribution in [-0.4, -0.2) is 11.7 Å². The lowest BCUT2D eigenvalue weighted by molar-refractivity contribution is 0.0939. The van der Waals surface area contributed by atoms with Crippen molar-refractivity contribution in [2.24, 2.45) is 0 Å². The van der Waals surface area contributed by atoms with Crippen LogP contribution in [0.5, 0.6) is 0 Å². The number of nitrogens with one attached hydrogen (secondary N) is 1. The summed E-state index contributed by atoms with van der Waals surface area (Å²) in [6, 6.07) is 6.71. The monoisotopic (exact) mass is 263 g/mol. The maximum atomic E-state index is 11.9. The molecule has 0 aliphatic carbocycles. The van der Waals surface area contributed by atoms with Crippen LogP contribution in [0.25, 0.3) is 0 Å². The molecule has 0 fully saturated rings. The lowest BCUT2D eigenvalue weighted by Gasteiger charge is -2.09. The fourth-order valence-electron chi connectivity index (χ4n) is 1.53. The summed E-state index contributed by atoms with van der Waals surface area (Å²) in [7, 11) is 0. The summed E-state index contributed by atoms with van der Waals surface area (Å²) in [5.74, 6) is 0.473. The minimum atomic E-state index is -0.199. The van der Waals surface area contributed by atoms with Crippen LogP contribution in [-0.2, 0) is 0 Å². The summed E-state index contributed by atoms with van der Waals surface area (Å²) in [6.45, 7) is 3.33. The number of Topliss-reactive ketones (excluding diaryl/α,β-unsaturated/α-hetero) is 1. The molecule has 2 heterocycles. The molecule has 4 nitrogen and oxygen atoms in total. The molecule has 94 valence electrons. The van der Waals surface area contributed by atoms with Gasteiger partial charge in [0.2, 0.25) is 0 Å². The van der Waals surface area contributed by atoms with Gasteiger partial charge in [0, 0.05) is 0 Å². The molecule has 0 radical (unpaired) electrons. The minimum absolute atomic E-state index is 0.0295. The molecule has 18 heavy (non-hydrogen) atoms. The molecule has 0 aliphatic rings. The molecule has 0 bridgehead atoms. The third-order valence-electron chi connectivity index (χ3n) is 2.49. The Morgan fingerprint density at radius 2 is 2.00 bits per heavy atom. The zero-order chi connectivity index (χ0) is 13.1. The molecule has 5 heteroatoms. The summed E-state index contributed by atoms with van der Waals surface area (Å²) in [5.41, 5.74) is 0. The fraction of sp³-hybridized carbons (Fsp3) is 0.231. The lowest BCUT2D eigenvalue weighted by atomic mass is 10.2. The van der Waals surface area contributed by atoms with Gasteiger partial charge in [0.05, 0.1) is 22.1 Å². The number of hydrogen-bond donors (Lipinski definition) is 1. The topological polar surface area (TPSA) is 59.3 Å². The van der Waals surface area contributed by atoms with Crippen LogP contribution in [0, 0.1) is 0 Å². The molecule has 2 rings (SSSR count). The van der Waals surface area contributed by atoms with Gasteiger partial charge in [-0.15, -0.1) is 11.3 Å². The predicted octanol–water partition coefficient (Wildman–Crippen LogP) is 3.03. The van der Waals surface area contributed by atoms with Crippen molar-refractivity contribution in [3.8, 4) is 0 Å². The summed E-state index contributed by atoms with van der Waals surface area (Å²) in [5, 5.41) is 2.82. The third kappa shape index (κ3) is 2.68. The Morgan fingerprint density at radius 3 is 2.56 bits per heavy atom. The summed E-state index contributed by atoms with van der Waals surface area (Å²) in [6.07, 6.45) is 1.57. The van der Waals surface area contributed by atoms with Crippen LogP contribution in [0.1, 0.15) is 45.0 Å². The first-order chi connectivity index (χ1) is 8.58. The van der Waals surface area contributed by atoms with Gasteiger partial charge in [0.1, 0.15) is 5.76 Å². The highest BCUT2D eigenvalue weighted by atomic mass is 32.1. The Bertz CT molecular complexity index is 557. The van der Waals surface area contributed by atoms with Crippen molar-refractivity contribution >= 4 is 23.0 Å². The number of carbonyl (C=O) groups is 2. The van der Waals surface area contributed by atoms with Crippen LogP contribution in [0.4, 0.5) is 0 Å². The average Bonchev–Trinajstić information content (AvgIpc) is 3.00. The number of furan rings is 1. The third-order valence-corrected chi connectivity index (χ3v) is 3.68. The molecule has 2 aromatic heterocycles. The largest absolute Gasteiger partial charge is 0.467 e. The van der Waals surface area contributed by atoms with Gasteiger partial charge < -0.3 is 9.73 Å². The number of carbonyl (C=O) groups excluding carboxylic acids is 2. The van der Waals surface area contributed by atoms with Crippen molar-refractivity contribution < 1.29 is 14.0 Å². The quantitative estimate of drug-likeness (QED) is 0.862. The number of rotatable bonds is 4. The Morgan fingerprint density at radius 1 is 1.28 bits per heavy atom. The van der Waals surface area contributed by atoms with Crippen molar-refractivity contribution in [2.75, 3.05) is 0 Å². The van der Waals surface area contributed by atoms with Gasteiger partial charge in [0.15, 0.2) is 5.78 Å². The smallest absolute Gasteiger partial charge is 0.261 e. The predicted molar refractivity (Wildman–Crippen MR) is 68.9 cm³/mol. The van der Waals surface area contributed by atoms with Crippen molar-refractivity contribution in [3.05, 3.63) is 46.0 Å². The molecule has 1 atom stereocenters.